The van der Waals surface area contributed by atoms with E-state index in [1.54, 1.807) is 0 Å². The van der Waals surface area contributed by atoms with Crippen LogP contribution in [0.2, 0.25) is 5.02 Å². The molecule has 0 saturated carbocycles. The van der Waals surface area contributed by atoms with Gasteiger partial charge in [-0.2, -0.15) is 13.2 Å². The molecular formula is C13H7ClF3NO3. The van der Waals surface area contributed by atoms with Crippen LogP contribution in [0.5, 0.6) is 0 Å². The van der Waals surface area contributed by atoms with E-state index < -0.39 is 16.7 Å². The Morgan fingerprint density at radius 1 is 1.24 bits per heavy atom. The van der Waals surface area contributed by atoms with Crippen molar-refractivity contribution < 1.29 is 22.5 Å². The fourth-order valence-corrected chi connectivity index (χ4v) is 1.82. The first-order valence-electron chi connectivity index (χ1n) is 5.56. The molecule has 0 bridgehead atoms. The Labute approximate surface area is 121 Å². The van der Waals surface area contributed by atoms with Crippen LogP contribution in [0.4, 0.5) is 13.2 Å². The first-order chi connectivity index (χ1) is 9.77. The minimum atomic E-state index is -4.50. The van der Waals surface area contributed by atoms with Gasteiger partial charge in [-0.3, -0.25) is 10.1 Å². The van der Waals surface area contributed by atoms with Gasteiger partial charge in [-0.05, 0) is 30.3 Å². The third kappa shape index (κ3) is 3.63. The number of hydrogen-bond acceptors (Lipinski definition) is 3. The van der Waals surface area contributed by atoms with E-state index in [4.69, 9.17) is 16.0 Å². The zero-order valence-corrected chi connectivity index (χ0v) is 11.0. The third-order valence-electron chi connectivity index (χ3n) is 2.55. The van der Waals surface area contributed by atoms with Crippen LogP contribution >= 0.6 is 11.6 Å². The van der Waals surface area contributed by atoms with E-state index in [2.05, 4.69) is 0 Å². The zero-order valence-electron chi connectivity index (χ0n) is 10.2. The van der Waals surface area contributed by atoms with Crippen LogP contribution in [-0.4, -0.2) is 4.92 Å². The van der Waals surface area contributed by atoms with Gasteiger partial charge in [0.15, 0.2) is 0 Å². The first kappa shape index (κ1) is 15.1. The van der Waals surface area contributed by atoms with Gasteiger partial charge < -0.3 is 4.42 Å². The van der Waals surface area contributed by atoms with Crippen LogP contribution in [0.1, 0.15) is 11.3 Å². The Hall–Kier alpha value is -2.28. The number of benzene rings is 1. The summed E-state index contributed by atoms with van der Waals surface area (Å²) in [7, 11) is 0. The van der Waals surface area contributed by atoms with Gasteiger partial charge in [0.05, 0.1) is 21.6 Å². The van der Waals surface area contributed by atoms with Crippen molar-refractivity contribution in [3.63, 3.8) is 0 Å². The minimum absolute atomic E-state index is 0.0623. The van der Waals surface area contributed by atoms with Gasteiger partial charge in [-0.15, -0.1) is 0 Å². The Morgan fingerprint density at radius 3 is 2.57 bits per heavy atom. The van der Waals surface area contributed by atoms with Crippen molar-refractivity contribution in [3.05, 3.63) is 63.0 Å². The molecule has 2 rings (SSSR count). The molecule has 0 aliphatic rings. The molecule has 0 aliphatic carbocycles. The quantitative estimate of drug-likeness (QED) is 0.599. The number of nitro groups is 1. The number of rotatable bonds is 3. The largest absolute Gasteiger partial charge is 0.456 e. The van der Waals surface area contributed by atoms with Gasteiger partial charge in [-0.1, -0.05) is 11.6 Å². The summed E-state index contributed by atoms with van der Waals surface area (Å²) >= 11 is 5.86. The Balaban J connectivity index is 2.40. The summed E-state index contributed by atoms with van der Waals surface area (Å²) in [6.45, 7) is 0. The summed E-state index contributed by atoms with van der Waals surface area (Å²) in [4.78, 5) is 9.51. The topological polar surface area (TPSA) is 56.3 Å². The van der Waals surface area contributed by atoms with Crippen molar-refractivity contribution >= 4 is 17.7 Å². The molecule has 21 heavy (non-hydrogen) atoms. The lowest BCUT2D eigenvalue weighted by Crippen LogP contribution is -2.04. The van der Waals surface area contributed by atoms with Crippen LogP contribution in [0.25, 0.3) is 17.4 Å². The van der Waals surface area contributed by atoms with Gasteiger partial charge in [-0.25, -0.2) is 0 Å². The number of furan rings is 1. The molecule has 1 aromatic heterocycles. The van der Waals surface area contributed by atoms with E-state index in [1.807, 2.05) is 0 Å². The molecule has 0 saturated heterocycles. The minimum Gasteiger partial charge on any atom is -0.456 e. The summed E-state index contributed by atoms with van der Waals surface area (Å²) in [5.74, 6) is 0.226. The average molecular weight is 318 g/mol. The normalized spacial score (nSPS) is 12.0. The Bertz CT molecular complexity index is 707. The molecule has 0 fully saturated rings. The molecule has 8 heteroatoms. The first-order valence-corrected chi connectivity index (χ1v) is 5.94. The molecule has 2 aromatic rings. The Kier molecular flexibility index (Phi) is 4.04. The molecular weight excluding hydrogens is 311 g/mol. The van der Waals surface area contributed by atoms with Crippen LogP contribution < -0.4 is 0 Å². The van der Waals surface area contributed by atoms with Crippen molar-refractivity contribution in [2.24, 2.45) is 0 Å². The summed E-state index contributed by atoms with van der Waals surface area (Å²) in [6.07, 6.45) is -2.75. The summed E-state index contributed by atoms with van der Waals surface area (Å²) in [5.41, 5.74) is -0.798. The molecule has 0 atom stereocenters. The fourth-order valence-electron chi connectivity index (χ4n) is 1.61. The second-order valence-electron chi connectivity index (χ2n) is 4.00. The molecule has 1 aromatic carbocycles. The van der Waals surface area contributed by atoms with Gasteiger partial charge in [0, 0.05) is 5.56 Å². The third-order valence-corrected chi connectivity index (χ3v) is 2.88. The maximum absolute atomic E-state index is 12.7. The smallest absolute Gasteiger partial charge is 0.416 e. The fraction of sp³-hybridized carbons (Fsp3) is 0.0769. The lowest BCUT2D eigenvalue weighted by Gasteiger charge is -2.09. The van der Waals surface area contributed by atoms with Crippen molar-refractivity contribution in [3.8, 4) is 11.3 Å². The standard InChI is InChI=1S/C13H7ClF3NO3/c14-11-3-1-8(13(15,16)17)7-10(11)12-4-2-9(21-12)5-6-18(19)20/h1-7H/b6-5+. The highest BCUT2D eigenvalue weighted by atomic mass is 35.5. The van der Waals surface area contributed by atoms with Gasteiger partial charge >= 0.3 is 6.18 Å². The highest BCUT2D eigenvalue weighted by Crippen LogP contribution is 2.36. The second-order valence-corrected chi connectivity index (χ2v) is 4.40. The van der Waals surface area contributed by atoms with E-state index in [9.17, 15) is 23.3 Å². The predicted octanol–water partition coefficient (Wildman–Crippen LogP) is 4.87. The molecule has 0 unspecified atom stereocenters. The number of alkyl halides is 3. The second kappa shape index (κ2) is 5.61. The van der Waals surface area contributed by atoms with E-state index in [-0.39, 0.29) is 22.1 Å². The molecule has 0 radical (unpaired) electrons. The summed E-state index contributed by atoms with van der Waals surface area (Å²) in [6, 6.07) is 5.63. The number of nitrogens with zero attached hydrogens (tertiary/aromatic N) is 1. The maximum Gasteiger partial charge on any atom is 0.416 e. The van der Waals surface area contributed by atoms with E-state index in [0.29, 0.717) is 6.20 Å². The monoisotopic (exact) mass is 317 g/mol. The highest BCUT2D eigenvalue weighted by molar-refractivity contribution is 6.33. The average Bonchev–Trinajstić information content (AvgIpc) is 2.84. The number of hydrogen-bond donors (Lipinski definition) is 0. The highest BCUT2D eigenvalue weighted by Gasteiger charge is 2.31. The van der Waals surface area contributed by atoms with Gasteiger partial charge in [0.25, 0.3) is 0 Å². The summed E-state index contributed by atoms with van der Waals surface area (Å²) < 4.78 is 43.2. The zero-order chi connectivity index (χ0) is 15.6. The van der Waals surface area contributed by atoms with Crippen molar-refractivity contribution in [1.82, 2.24) is 0 Å². The molecule has 1 heterocycles. The summed E-state index contributed by atoms with van der Waals surface area (Å²) in [5, 5.41) is 10.3. The molecule has 0 aliphatic heterocycles. The van der Waals surface area contributed by atoms with E-state index >= 15 is 0 Å². The van der Waals surface area contributed by atoms with Crippen LogP contribution in [0.3, 0.4) is 0 Å². The van der Waals surface area contributed by atoms with Crippen LogP contribution in [0.15, 0.2) is 40.9 Å². The molecule has 0 amide bonds. The predicted molar refractivity (Wildman–Crippen MR) is 70.2 cm³/mol. The molecule has 4 nitrogen and oxygen atoms in total. The lowest BCUT2D eigenvalue weighted by atomic mass is 10.1. The van der Waals surface area contributed by atoms with Crippen molar-refractivity contribution in [2.75, 3.05) is 0 Å². The number of halogens is 4. The molecule has 0 N–H and O–H groups in total. The van der Waals surface area contributed by atoms with Crippen molar-refractivity contribution in [2.45, 2.75) is 6.18 Å². The lowest BCUT2D eigenvalue weighted by molar-refractivity contribution is -0.401. The van der Waals surface area contributed by atoms with Gasteiger partial charge in [0.1, 0.15) is 11.5 Å². The van der Waals surface area contributed by atoms with E-state index in [0.717, 1.165) is 24.3 Å². The maximum atomic E-state index is 12.7. The van der Waals surface area contributed by atoms with Crippen LogP contribution in [0, 0.1) is 10.1 Å². The van der Waals surface area contributed by atoms with Crippen molar-refractivity contribution in [1.29, 1.82) is 0 Å². The molecule has 0 spiro atoms. The van der Waals surface area contributed by atoms with Crippen LogP contribution in [-0.2, 0) is 6.18 Å². The molecule has 110 valence electrons. The SMILES string of the molecule is O=[N+]([O-])/C=C/c1ccc(-c2cc(C(F)(F)F)ccc2Cl)o1. The van der Waals surface area contributed by atoms with Gasteiger partial charge in [0.2, 0.25) is 6.20 Å². The Morgan fingerprint density at radius 2 is 1.95 bits per heavy atom. The van der Waals surface area contributed by atoms with E-state index in [1.165, 1.54) is 12.1 Å².